The van der Waals surface area contributed by atoms with Crippen LogP contribution >= 0.6 is 0 Å². The lowest BCUT2D eigenvalue weighted by Crippen LogP contribution is -2.53. The van der Waals surface area contributed by atoms with Gasteiger partial charge in [0.05, 0.1) is 6.61 Å². The van der Waals surface area contributed by atoms with Crippen LogP contribution in [0.5, 0.6) is 5.75 Å². The lowest BCUT2D eigenvalue weighted by Gasteiger charge is -2.31. The zero-order valence-corrected chi connectivity index (χ0v) is 25.7. The second-order valence-electron chi connectivity index (χ2n) is 10.8. The SMILES string of the molecule is Cc1cccc(CNNC(=O)[C@@]2(Cc3ccccc3N=[N+]=[N-])N=C(c3ccc(OCCCO)cc3)O[C@H]2c2ccccc2N=[N+]=[N-])c1. The lowest BCUT2D eigenvalue weighted by molar-refractivity contribution is -0.130. The van der Waals surface area contributed by atoms with Crippen LogP contribution in [-0.2, 0) is 22.5 Å². The van der Waals surface area contributed by atoms with Crippen LogP contribution in [0.4, 0.5) is 11.4 Å². The molecule has 0 unspecified atom stereocenters. The van der Waals surface area contributed by atoms with E-state index in [1.165, 1.54) is 0 Å². The number of nitrogens with one attached hydrogen (secondary N) is 2. The van der Waals surface area contributed by atoms with Gasteiger partial charge >= 0.3 is 0 Å². The molecule has 0 saturated carbocycles. The molecular formula is C34H33N9O4. The van der Waals surface area contributed by atoms with Crippen molar-refractivity contribution >= 4 is 23.2 Å². The number of ether oxygens (including phenoxy) is 2. The minimum atomic E-state index is -1.66. The molecule has 13 nitrogen and oxygen atoms in total. The van der Waals surface area contributed by atoms with Crippen LogP contribution in [0, 0.1) is 6.92 Å². The van der Waals surface area contributed by atoms with Crippen molar-refractivity contribution in [3.63, 3.8) is 0 Å². The number of hydrazine groups is 1. The number of aliphatic hydroxyl groups is 1. The Kier molecular flexibility index (Phi) is 10.7. The third kappa shape index (κ3) is 7.70. The van der Waals surface area contributed by atoms with E-state index in [0.29, 0.717) is 47.7 Å². The second kappa shape index (κ2) is 15.4. The number of azide groups is 2. The molecule has 0 bridgehead atoms. The van der Waals surface area contributed by atoms with Crippen LogP contribution < -0.4 is 15.6 Å². The molecule has 238 valence electrons. The number of aliphatic hydroxyl groups excluding tert-OH is 1. The number of nitrogens with zero attached hydrogens (tertiary/aromatic N) is 7. The molecule has 5 rings (SSSR count). The predicted molar refractivity (Wildman–Crippen MR) is 177 cm³/mol. The summed E-state index contributed by atoms with van der Waals surface area (Å²) in [6.07, 6.45) is -0.586. The average molecular weight is 632 g/mol. The van der Waals surface area contributed by atoms with Crippen LogP contribution in [0.2, 0.25) is 0 Å². The lowest BCUT2D eigenvalue weighted by atomic mass is 9.81. The fourth-order valence-electron chi connectivity index (χ4n) is 5.36. The summed E-state index contributed by atoms with van der Waals surface area (Å²) in [4.78, 5) is 25.5. The normalized spacial score (nSPS) is 16.6. The maximum absolute atomic E-state index is 14.5. The van der Waals surface area contributed by atoms with Crippen LogP contribution in [0.15, 0.2) is 112 Å². The summed E-state index contributed by atoms with van der Waals surface area (Å²) in [7, 11) is 0. The molecule has 2 atom stereocenters. The van der Waals surface area contributed by atoms with Crippen molar-refractivity contribution in [3.05, 3.63) is 146 Å². The molecule has 4 aromatic carbocycles. The third-order valence-electron chi connectivity index (χ3n) is 7.58. The van der Waals surface area contributed by atoms with Gasteiger partial charge in [0.15, 0.2) is 11.6 Å². The van der Waals surface area contributed by atoms with Gasteiger partial charge in [0.2, 0.25) is 5.90 Å². The van der Waals surface area contributed by atoms with Crippen molar-refractivity contribution in [2.24, 2.45) is 15.2 Å². The molecule has 4 aromatic rings. The first-order chi connectivity index (χ1) is 23.0. The van der Waals surface area contributed by atoms with E-state index in [2.05, 4.69) is 30.9 Å². The summed E-state index contributed by atoms with van der Waals surface area (Å²) in [5, 5.41) is 16.8. The molecule has 0 aromatic heterocycles. The van der Waals surface area contributed by atoms with Crippen LogP contribution in [-0.4, -0.2) is 35.7 Å². The molecule has 0 radical (unpaired) electrons. The number of hydrogen-bond donors (Lipinski definition) is 3. The molecule has 0 saturated heterocycles. The Labute approximate surface area is 271 Å². The highest BCUT2D eigenvalue weighted by atomic mass is 16.5. The van der Waals surface area contributed by atoms with E-state index >= 15 is 0 Å². The highest BCUT2D eigenvalue weighted by Gasteiger charge is 2.54. The largest absolute Gasteiger partial charge is 0.494 e. The summed E-state index contributed by atoms with van der Waals surface area (Å²) < 4.78 is 12.2. The smallest absolute Gasteiger partial charge is 0.266 e. The van der Waals surface area contributed by atoms with Gasteiger partial charge in [-0.15, -0.1) is 0 Å². The van der Waals surface area contributed by atoms with Crippen LogP contribution in [0.25, 0.3) is 20.9 Å². The number of aryl methyl sites for hydroxylation is 1. The Morgan fingerprint density at radius 2 is 1.70 bits per heavy atom. The van der Waals surface area contributed by atoms with Gasteiger partial charge in [-0.05, 0) is 53.4 Å². The first-order valence-corrected chi connectivity index (χ1v) is 14.9. The third-order valence-corrected chi connectivity index (χ3v) is 7.58. The Hall–Kier alpha value is -5.84. The Morgan fingerprint density at radius 1 is 0.979 bits per heavy atom. The van der Waals surface area contributed by atoms with E-state index in [-0.39, 0.29) is 24.6 Å². The van der Waals surface area contributed by atoms with Gasteiger partial charge in [-0.25, -0.2) is 10.4 Å². The van der Waals surface area contributed by atoms with E-state index in [0.717, 1.165) is 11.1 Å². The van der Waals surface area contributed by atoms with E-state index in [9.17, 15) is 15.9 Å². The number of aliphatic imine (C=N–C) groups is 1. The molecule has 47 heavy (non-hydrogen) atoms. The van der Waals surface area contributed by atoms with Crippen molar-refractivity contribution in [1.82, 2.24) is 10.9 Å². The first kappa shape index (κ1) is 32.6. The van der Waals surface area contributed by atoms with E-state index in [1.807, 2.05) is 31.2 Å². The predicted octanol–water partition coefficient (Wildman–Crippen LogP) is 6.96. The van der Waals surface area contributed by atoms with E-state index in [1.54, 1.807) is 72.8 Å². The summed E-state index contributed by atoms with van der Waals surface area (Å²) >= 11 is 0. The Balaban J connectivity index is 1.60. The molecule has 0 spiro atoms. The summed E-state index contributed by atoms with van der Waals surface area (Å²) in [6, 6.07) is 28.7. The molecule has 1 heterocycles. The number of carbonyl (C=O) groups excluding carboxylic acids is 1. The number of amides is 1. The Morgan fingerprint density at radius 3 is 2.45 bits per heavy atom. The van der Waals surface area contributed by atoms with Crippen molar-refractivity contribution in [2.75, 3.05) is 13.2 Å². The fraction of sp³-hybridized carbons (Fsp3) is 0.235. The van der Waals surface area contributed by atoms with Gasteiger partial charge in [0.1, 0.15) is 5.75 Å². The zero-order chi connectivity index (χ0) is 33.1. The maximum Gasteiger partial charge on any atom is 0.266 e. The van der Waals surface area contributed by atoms with E-state index in [4.69, 9.17) is 19.6 Å². The van der Waals surface area contributed by atoms with Crippen molar-refractivity contribution in [1.29, 1.82) is 0 Å². The van der Waals surface area contributed by atoms with Crippen molar-refractivity contribution in [2.45, 2.75) is 38.0 Å². The molecule has 1 aliphatic heterocycles. The second-order valence-corrected chi connectivity index (χ2v) is 10.8. The number of carbonyl (C=O) groups is 1. The molecule has 1 aliphatic rings. The number of hydrogen-bond acceptors (Lipinski definition) is 8. The van der Waals surface area contributed by atoms with Gasteiger partial charge in [-0.2, -0.15) is 0 Å². The minimum Gasteiger partial charge on any atom is -0.494 e. The number of rotatable bonds is 14. The molecule has 0 aliphatic carbocycles. The zero-order valence-electron chi connectivity index (χ0n) is 25.7. The maximum atomic E-state index is 14.5. The van der Waals surface area contributed by atoms with Crippen LogP contribution in [0.3, 0.4) is 0 Å². The summed E-state index contributed by atoms with van der Waals surface area (Å²) in [6.45, 7) is 2.71. The van der Waals surface area contributed by atoms with Gasteiger partial charge < -0.3 is 14.6 Å². The van der Waals surface area contributed by atoms with E-state index < -0.39 is 17.6 Å². The molecule has 1 amide bonds. The fourth-order valence-corrected chi connectivity index (χ4v) is 5.36. The van der Waals surface area contributed by atoms with Crippen molar-refractivity contribution in [3.8, 4) is 5.75 Å². The number of benzene rings is 4. The average Bonchev–Trinajstić information content (AvgIpc) is 3.47. The summed E-state index contributed by atoms with van der Waals surface area (Å²) in [5.74, 6) is 0.266. The monoisotopic (exact) mass is 631 g/mol. The molecule has 0 fully saturated rings. The first-order valence-electron chi connectivity index (χ1n) is 14.9. The van der Waals surface area contributed by atoms with Crippen LogP contribution in [0.1, 0.15) is 40.3 Å². The quantitative estimate of drug-likeness (QED) is 0.0445. The van der Waals surface area contributed by atoms with Gasteiger partial charge in [-0.1, -0.05) is 88.6 Å². The molecule has 3 N–H and O–H groups in total. The summed E-state index contributed by atoms with van der Waals surface area (Å²) in [5.41, 5.74) is 27.1. The minimum absolute atomic E-state index is 0.0221. The van der Waals surface area contributed by atoms with Gasteiger partial charge in [0, 0.05) is 58.3 Å². The molecule has 13 heteroatoms. The van der Waals surface area contributed by atoms with Crippen molar-refractivity contribution < 1.29 is 19.4 Å². The highest BCUT2D eigenvalue weighted by Crippen LogP contribution is 2.46. The standard InChI is InChI=1S/C34H33N9O4/c1-23-8-6-9-24(20-23)22-37-41-33(45)34(21-26-10-2-4-12-29(26)39-42-35)31(28-11-3-5-13-30(28)40-43-36)47-32(38-34)25-14-16-27(17-15-25)46-19-7-18-44/h2-6,8-17,20,31,37,44H,7,18-19,21-22H2,1H3,(H,41,45)/t31-,34-/m0/s1. The Bertz CT molecular complexity index is 1850. The topological polar surface area (TPSA) is 190 Å². The highest BCUT2D eigenvalue weighted by molar-refractivity contribution is 6.01. The van der Waals surface area contributed by atoms with Gasteiger partial charge in [0.25, 0.3) is 5.91 Å². The molecular weight excluding hydrogens is 598 g/mol. The van der Waals surface area contributed by atoms with Gasteiger partial charge in [-0.3, -0.25) is 10.2 Å².